The molecule has 0 unspecified atom stereocenters. The zero-order chi connectivity index (χ0) is 22.1. The van der Waals surface area contributed by atoms with E-state index in [1.807, 2.05) is 48.5 Å². The van der Waals surface area contributed by atoms with Gasteiger partial charge in [-0.15, -0.1) is 0 Å². The highest BCUT2D eigenvalue weighted by atomic mass is 19.1. The summed E-state index contributed by atoms with van der Waals surface area (Å²) in [5.74, 6) is -0.0472. The van der Waals surface area contributed by atoms with Gasteiger partial charge in [-0.2, -0.15) is 0 Å². The van der Waals surface area contributed by atoms with E-state index in [0.717, 1.165) is 56.1 Å². The Balaban J connectivity index is 1.13. The van der Waals surface area contributed by atoms with Gasteiger partial charge in [-0.1, -0.05) is 36.4 Å². The zero-order valence-electron chi connectivity index (χ0n) is 18.1. The van der Waals surface area contributed by atoms with Gasteiger partial charge in [0, 0.05) is 23.1 Å². The molecule has 2 heterocycles. The normalized spacial score (nSPS) is 17.3. The molecule has 3 aromatic carbocycles. The lowest BCUT2D eigenvalue weighted by Crippen LogP contribution is -2.41. The van der Waals surface area contributed by atoms with E-state index in [1.165, 1.54) is 10.5 Å². The quantitative estimate of drug-likeness (QED) is 0.397. The maximum atomic E-state index is 13.1. The van der Waals surface area contributed by atoms with Crippen molar-refractivity contribution in [3.8, 4) is 0 Å². The molecular weight excluding hydrogens is 403 g/mol. The van der Waals surface area contributed by atoms with E-state index in [2.05, 4.69) is 4.90 Å². The standard InChI is InChI=1S/C27H27FN2O2/c28-22-11-9-19(10-12-22)20-13-17-29(18-14-20)15-1-2-16-30-26(31)23-7-3-5-21-6-4-8-24(25(21)23)27(30)32/h3-12,20H,1-2,13-18H2. The summed E-state index contributed by atoms with van der Waals surface area (Å²) in [7, 11) is 0. The lowest BCUT2D eigenvalue weighted by atomic mass is 9.89. The molecule has 5 heteroatoms. The predicted octanol–water partition coefficient (Wildman–Crippen LogP) is 5.23. The molecule has 2 aliphatic rings. The van der Waals surface area contributed by atoms with Crippen LogP contribution in [0.1, 0.15) is 57.9 Å². The van der Waals surface area contributed by atoms with Crippen molar-refractivity contribution in [3.63, 3.8) is 0 Å². The number of likely N-dealkylation sites (tertiary alicyclic amines) is 1. The van der Waals surface area contributed by atoms with E-state index in [9.17, 15) is 14.0 Å². The van der Waals surface area contributed by atoms with Crippen LogP contribution in [0.4, 0.5) is 4.39 Å². The molecule has 1 saturated heterocycles. The SMILES string of the molecule is O=C1c2cccc3cccc(c23)C(=O)N1CCCCN1CCC(c2ccc(F)cc2)CC1. The highest BCUT2D eigenvalue weighted by molar-refractivity contribution is 6.25. The summed E-state index contributed by atoms with van der Waals surface area (Å²) >= 11 is 0. The Morgan fingerprint density at radius 2 is 1.38 bits per heavy atom. The monoisotopic (exact) mass is 430 g/mol. The maximum absolute atomic E-state index is 13.1. The van der Waals surface area contributed by atoms with Crippen molar-refractivity contribution in [3.05, 3.63) is 83.2 Å². The molecule has 2 aliphatic heterocycles. The van der Waals surface area contributed by atoms with Crippen LogP contribution in [0.2, 0.25) is 0 Å². The summed E-state index contributed by atoms with van der Waals surface area (Å²) < 4.78 is 13.1. The number of carbonyl (C=O) groups is 2. The molecule has 164 valence electrons. The van der Waals surface area contributed by atoms with Gasteiger partial charge in [0.2, 0.25) is 0 Å². The van der Waals surface area contributed by atoms with Crippen molar-refractivity contribution >= 4 is 22.6 Å². The van der Waals surface area contributed by atoms with Crippen LogP contribution in [0.5, 0.6) is 0 Å². The van der Waals surface area contributed by atoms with Gasteiger partial charge in [-0.05, 0) is 86.5 Å². The molecule has 0 spiro atoms. The third-order valence-electron chi connectivity index (χ3n) is 6.89. The van der Waals surface area contributed by atoms with Crippen LogP contribution in [-0.2, 0) is 0 Å². The van der Waals surface area contributed by atoms with Gasteiger partial charge < -0.3 is 4.90 Å². The Morgan fingerprint density at radius 1 is 0.781 bits per heavy atom. The van der Waals surface area contributed by atoms with Gasteiger partial charge in [0.25, 0.3) is 11.8 Å². The van der Waals surface area contributed by atoms with Crippen LogP contribution in [0.25, 0.3) is 10.8 Å². The van der Waals surface area contributed by atoms with Gasteiger partial charge in [-0.3, -0.25) is 14.5 Å². The first-order valence-electron chi connectivity index (χ1n) is 11.5. The molecule has 2 amide bonds. The number of imide groups is 1. The summed E-state index contributed by atoms with van der Waals surface area (Å²) in [6, 6.07) is 18.2. The minimum Gasteiger partial charge on any atom is -0.303 e. The van der Waals surface area contributed by atoms with Gasteiger partial charge >= 0.3 is 0 Å². The topological polar surface area (TPSA) is 40.6 Å². The average molecular weight is 431 g/mol. The van der Waals surface area contributed by atoms with Gasteiger partial charge in [0.05, 0.1) is 0 Å². The molecular formula is C27H27FN2O2. The Morgan fingerprint density at radius 3 is 2.00 bits per heavy atom. The van der Waals surface area contributed by atoms with Gasteiger partial charge in [0.15, 0.2) is 0 Å². The van der Waals surface area contributed by atoms with Crippen LogP contribution in [-0.4, -0.2) is 47.8 Å². The molecule has 5 rings (SSSR count). The number of nitrogens with zero attached hydrogens (tertiary/aromatic N) is 2. The lowest BCUT2D eigenvalue weighted by Gasteiger charge is -2.32. The maximum Gasteiger partial charge on any atom is 0.261 e. The average Bonchev–Trinajstić information content (AvgIpc) is 2.83. The second-order valence-corrected chi connectivity index (χ2v) is 8.85. The largest absolute Gasteiger partial charge is 0.303 e. The fraction of sp³-hybridized carbons (Fsp3) is 0.333. The van der Waals surface area contributed by atoms with Crippen molar-refractivity contribution in [2.75, 3.05) is 26.2 Å². The number of halogens is 1. The third-order valence-corrected chi connectivity index (χ3v) is 6.89. The van der Waals surface area contributed by atoms with Crippen molar-refractivity contribution < 1.29 is 14.0 Å². The van der Waals surface area contributed by atoms with E-state index in [4.69, 9.17) is 0 Å². The van der Waals surface area contributed by atoms with Crippen LogP contribution in [0, 0.1) is 5.82 Å². The second kappa shape index (κ2) is 8.83. The van der Waals surface area contributed by atoms with Crippen LogP contribution < -0.4 is 0 Å². The minimum atomic E-state index is -0.183. The Labute approximate surface area is 187 Å². The number of amides is 2. The molecule has 0 atom stereocenters. The minimum absolute atomic E-state index is 0.181. The van der Waals surface area contributed by atoms with Crippen LogP contribution >= 0.6 is 0 Å². The Kier molecular flexibility index (Phi) is 5.75. The molecule has 0 radical (unpaired) electrons. The first-order valence-corrected chi connectivity index (χ1v) is 11.5. The van der Waals surface area contributed by atoms with E-state index in [0.29, 0.717) is 23.6 Å². The number of benzene rings is 3. The van der Waals surface area contributed by atoms with E-state index in [-0.39, 0.29) is 17.6 Å². The molecule has 3 aromatic rings. The zero-order valence-corrected chi connectivity index (χ0v) is 18.1. The highest BCUT2D eigenvalue weighted by Crippen LogP contribution is 2.30. The first kappa shape index (κ1) is 20.8. The molecule has 1 fully saturated rings. The lowest BCUT2D eigenvalue weighted by molar-refractivity contribution is 0.0606. The fourth-order valence-electron chi connectivity index (χ4n) is 5.11. The highest BCUT2D eigenvalue weighted by Gasteiger charge is 2.32. The number of carbonyl (C=O) groups excluding carboxylic acids is 2. The number of unbranched alkanes of at least 4 members (excludes halogenated alkanes) is 1. The van der Waals surface area contributed by atoms with E-state index in [1.54, 1.807) is 12.1 Å². The molecule has 0 aromatic heterocycles. The van der Waals surface area contributed by atoms with E-state index >= 15 is 0 Å². The molecule has 4 nitrogen and oxygen atoms in total. The summed E-state index contributed by atoms with van der Waals surface area (Å²) in [5, 5.41) is 1.72. The number of piperidine rings is 1. The summed E-state index contributed by atoms with van der Waals surface area (Å²) in [5.41, 5.74) is 2.48. The van der Waals surface area contributed by atoms with Gasteiger partial charge in [0.1, 0.15) is 5.82 Å². The summed E-state index contributed by atoms with van der Waals surface area (Å²) in [6.45, 7) is 3.48. The van der Waals surface area contributed by atoms with E-state index < -0.39 is 0 Å². The number of hydrogen-bond acceptors (Lipinski definition) is 3. The Hall–Kier alpha value is -3.05. The summed E-state index contributed by atoms with van der Waals surface area (Å²) in [4.78, 5) is 29.8. The summed E-state index contributed by atoms with van der Waals surface area (Å²) in [6.07, 6.45) is 3.91. The fourth-order valence-corrected chi connectivity index (χ4v) is 5.11. The first-order chi connectivity index (χ1) is 15.6. The molecule has 32 heavy (non-hydrogen) atoms. The Bertz CT molecular complexity index is 1100. The van der Waals surface area contributed by atoms with Crippen molar-refractivity contribution in [1.82, 2.24) is 9.80 Å². The van der Waals surface area contributed by atoms with Crippen LogP contribution in [0.15, 0.2) is 60.7 Å². The van der Waals surface area contributed by atoms with Crippen molar-refractivity contribution in [2.24, 2.45) is 0 Å². The molecule has 0 bridgehead atoms. The smallest absolute Gasteiger partial charge is 0.261 e. The third kappa shape index (κ3) is 3.93. The predicted molar refractivity (Wildman–Crippen MR) is 123 cm³/mol. The molecule has 0 N–H and O–H groups in total. The van der Waals surface area contributed by atoms with Crippen molar-refractivity contribution in [1.29, 1.82) is 0 Å². The second-order valence-electron chi connectivity index (χ2n) is 8.85. The number of hydrogen-bond donors (Lipinski definition) is 0. The molecule has 0 saturated carbocycles. The van der Waals surface area contributed by atoms with Crippen LogP contribution in [0.3, 0.4) is 0 Å². The van der Waals surface area contributed by atoms with Crippen molar-refractivity contribution in [2.45, 2.75) is 31.6 Å². The molecule has 0 aliphatic carbocycles. The van der Waals surface area contributed by atoms with Gasteiger partial charge in [-0.25, -0.2) is 4.39 Å². The number of rotatable bonds is 6.